The number of carbonyl (C=O) groups excluding carboxylic acids is 1. The van der Waals surface area contributed by atoms with Crippen molar-refractivity contribution in [3.8, 4) is 0 Å². The third-order valence-electron chi connectivity index (χ3n) is 2.82. The minimum atomic E-state index is -0.356. The van der Waals surface area contributed by atoms with Gasteiger partial charge in [0.05, 0.1) is 12.9 Å². The highest BCUT2D eigenvalue weighted by atomic mass is 16.5. The third kappa shape index (κ3) is 1.77. The lowest BCUT2D eigenvalue weighted by atomic mass is 10.1. The van der Waals surface area contributed by atoms with Crippen LogP contribution in [-0.4, -0.2) is 28.2 Å². The molecule has 0 bridgehead atoms. The highest BCUT2D eigenvalue weighted by Crippen LogP contribution is 2.29. The molecule has 0 fully saturated rings. The fraction of sp³-hybridized carbons (Fsp3) is 0.636. The number of aromatic nitrogens is 2. The summed E-state index contributed by atoms with van der Waals surface area (Å²) in [6.45, 7) is 6.38. The number of imidazole rings is 1. The van der Waals surface area contributed by atoms with Gasteiger partial charge in [-0.25, -0.2) is 9.78 Å². The van der Waals surface area contributed by atoms with E-state index in [2.05, 4.69) is 24.1 Å². The summed E-state index contributed by atoms with van der Waals surface area (Å²) >= 11 is 0. The molecule has 1 aliphatic heterocycles. The first-order valence-electron chi connectivity index (χ1n) is 5.64. The Morgan fingerprint density at radius 3 is 3.12 bits per heavy atom. The molecule has 2 heterocycles. The highest BCUT2D eigenvalue weighted by Gasteiger charge is 2.27. The normalized spacial score (nSPS) is 23.4. The number of rotatable bonds is 2. The van der Waals surface area contributed by atoms with Crippen LogP contribution in [0, 0.1) is 0 Å². The molecule has 2 atom stereocenters. The second-order valence-electron chi connectivity index (χ2n) is 4.20. The van der Waals surface area contributed by atoms with Gasteiger partial charge in [-0.2, -0.15) is 0 Å². The van der Waals surface area contributed by atoms with Crippen molar-refractivity contribution >= 4 is 11.8 Å². The van der Waals surface area contributed by atoms with E-state index in [0.717, 1.165) is 12.2 Å². The Kier molecular flexibility index (Phi) is 2.85. The Morgan fingerprint density at radius 2 is 2.44 bits per heavy atom. The Morgan fingerprint density at radius 1 is 1.69 bits per heavy atom. The molecule has 0 radical (unpaired) electrons. The SMILES string of the molecule is CCOC(=O)c1ncn2c1NC(C)CC2C. The Labute approximate surface area is 94.8 Å². The van der Waals surface area contributed by atoms with Gasteiger partial charge in [0.2, 0.25) is 0 Å². The van der Waals surface area contributed by atoms with Gasteiger partial charge in [0.25, 0.3) is 0 Å². The molecule has 88 valence electrons. The Bertz CT molecular complexity index is 400. The Hall–Kier alpha value is -1.52. The van der Waals surface area contributed by atoms with Crippen LogP contribution < -0.4 is 5.32 Å². The molecule has 0 aliphatic carbocycles. The molecule has 2 unspecified atom stereocenters. The summed E-state index contributed by atoms with van der Waals surface area (Å²) in [4.78, 5) is 15.8. The van der Waals surface area contributed by atoms with Gasteiger partial charge in [-0.3, -0.25) is 0 Å². The van der Waals surface area contributed by atoms with Gasteiger partial charge in [0.1, 0.15) is 5.82 Å². The summed E-state index contributed by atoms with van der Waals surface area (Å²) in [5, 5.41) is 3.28. The van der Waals surface area contributed by atoms with Gasteiger partial charge in [-0.1, -0.05) is 0 Å². The number of nitrogens with one attached hydrogen (secondary N) is 1. The number of fused-ring (bicyclic) bond motifs is 1. The van der Waals surface area contributed by atoms with Crippen molar-refractivity contribution in [2.75, 3.05) is 11.9 Å². The van der Waals surface area contributed by atoms with Gasteiger partial charge >= 0.3 is 5.97 Å². The van der Waals surface area contributed by atoms with Crippen LogP contribution in [0.2, 0.25) is 0 Å². The average molecular weight is 223 g/mol. The number of hydrogen-bond acceptors (Lipinski definition) is 4. The zero-order valence-electron chi connectivity index (χ0n) is 9.86. The minimum Gasteiger partial charge on any atom is -0.461 e. The van der Waals surface area contributed by atoms with Crippen molar-refractivity contribution in [3.05, 3.63) is 12.0 Å². The topological polar surface area (TPSA) is 56.1 Å². The first-order chi connectivity index (χ1) is 7.63. The van der Waals surface area contributed by atoms with Crippen LogP contribution in [0.15, 0.2) is 6.33 Å². The maximum absolute atomic E-state index is 11.7. The zero-order chi connectivity index (χ0) is 11.7. The summed E-state index contributed by atoms with van der Waals surface area (Å²) in [6.07, 6.45) is 2.73. The van der Waals surface area contributed by atoms with Gasteiger partial charge < -0.3 is 14.6 Å². The summed E-state index contributed by atoms with van der Waals surface area (Å²) in [7, 11) is 0. The zero-order valence-corrected chi connectivity index (χ0v) is 9.86. The van der Waals surface area contributed by atoms with Crippen LogP contribution in [0.1, 0.15) is 43.7 Å². The lowest BCUT2D eigenvalue weighted by molar-refractivity contribution is 0.0521. The molecular formula is C11H17N3O2. The van der Waals surface area contributed by atoms with Crippen LogP contribution in [-0.2, 0) is 4.74 Å². The molecule has 5 heteroatoms. The van der Waals surface area contributed by atoms with Crippen LogP contribution in [0.4, 0.5) is 5.82 Å². The van der Waals surface area contributed by atoms with E-state index in [0.29, 0.717) is 24.4 Å². The van der Waals surface area contributed by atoms with E-state index in [1.165, 1.54) is 0 Å². The number of anilines is 1. The fourth-order valence-corrected chi connectivity index (χ4v) is 2.10. The second-order valence-corrected chi connectivity index (χ2v) is 4.20. The number of nitrogens with zero attached hydrogens (tertiary/aromatic N) is 2. The molecule has 0 amide bonds. The molecule has 0 saturated heterocycles. The van der Waals surface area contributed by atoms with Crippen LogP contribution in [0.5, 0.6) is 0 Å². The molecule has 0 saturated carbocycles. The molecule has 2 rings (SSSR count). The standard InChI is InChI=1S/C11H17N3O2/c1-4-16-11(15)9-10-13-7(2)5-8(3)14(10)6-12-9/h6-8,13H,4-5H2,1-3H3. The number of ether oxygens (including phenoxy) is 1. The molecule has 0 spiro atoms. The van der Waals surface area contributed by atoms with Crippen molar-refractivity contribution in [2.24, 2.45) is 0 Å². The predicted octanol–water partition coefficient (Wildman–Crippen LogP) is 1.82. The van der Waals surface area contributed by atoms with Gasteiger partial charge in [-0.15, -0.1) is 0 Å². The minimum absolute atomic E-state index is 0.354. The van der Waals surface area contributed by atoms with Crippen molar-refractivity contribution in [1.29, 1.82) is 0 Å². The van der Waals surface area contributed by atoms with Gasteiger partial charge in [0.15, 0.2) is 5.69 Å². The lowest BCUT2D eigenvalue weighted by Crippen LogP contribution is -2.29. The molecule has 1 N–H and O–H groups in total. The lowest BCUT2D eigenvalue weighted by Gasteiger charge is -2.28. The first kappa shape index (κ1) is 11.0. The molecule has 16 heavy (non-hydrogen) atoms. The summed E-state index contributed by atoms with van der Waals surface area (Å²) in [5.74, 6) is 0.426. The summed E-state index contributed by atoms with van der Waals surface area (Å²) < 4.78 is 6.96. The highest BCUT2D eigenvalue weighted by molar-refractivity contribution is 5.92. The van der Waals surface area contributed by atoms with Gasteiger partial charge in [-0.05, 0) is 27.2 Å². The van der Waals surface area contributed by atoms with Crippen molar-refractivity contribution in [1.82, 2.24) is 9.55 Å². The van der Waals surface area contributed by atoms with Crippen LogP contribution in [0.25, 0.3) is 0 Å². The van der Waals surface area contributed by atoms with E-state index in [1.54, 1.807) is 13.3 Å². The molecule has 5 nitrogen and oxygen atoms in total. The smallest absolute Gasteiger partial charge is 0.360 e. The van der Waals surface area contributed by atoms with E-state index in [1.807, 2.05) is 4.57 Å². The number of hydrogen-bond donors (Lipinski definition) is 1. The third-order valence-corrected chi connectivity index (χ3v) is 2.82. The predicted molar refractivity (Wildman–Crippen MR) is 60.6 cm³/mol. The largest absolute Gasteiger partial charge is 0.461 e. The van der Waals surface area contributed by atoms with Gasteiger partial charge in [0, 0.05) is 12.1 Å². The molecule has 1 aromatic heterocycles. The van der Waals surface area contributed by atoms with Crippen LogP contribution in [0.3, 0.4) is 0 Å². The second kappa shape index (κ2) is 4.15. The molecular weight excluding hydrogens is 206 g/mol. The molecule has 0 aromatic carbocycles. The van der Waals surface area contributed by atoms with E-state index in [4.69, 9.17) is 4.74 Å². The maximum Gasteiger partial charge on any atom is 0.360 e. The quantitative estimate of drug-likeness (QED) is 0.777. The fourth-order valence-electron chi connectivity index (χ4n) is 2.10. The van der Waals surface area contributed by atoms with Crippen molar-refractivity contribution < 1.29 is 9.53 Å². The summed E-state index contributed by atoms with van der Waals surface area (Å²) in [6, 6.07) is 0.717. The number of carbonyl (C=O) groups is 1. The van der Waals surface area contributed by atoms with E-state index < -0.39 is 0 Å². The number of esters is 1. The monoisotopic (exact) mass is 223 g/mol. The molecule has 1 aromatic rings. The van der Waals surface area contributed by atoms with E-state index in [-0.39, 0.29) is 5.97 Å². The van der Waals surface area contributed by atoms with E-state index >= 15 is 0 Å². The van der Waals surface area contributed by atoms with Crippen molar-refractivity contribution in [2.45, 2.75) is 39.3 Å². The Balaban J connectivity index is 2.32. The first-order valence-corrected chi connectivity index (χ1v) is 5.64. The van der Waals surface area contributed by atoms with E-state index in [9.17, 15) is 4.79 Å². The summed E-state index contributed by atoms with van der Waals surface area (Å²) in [5.41, 5.74) is 0.389. The molecule has 1 aliphatic rings. The van der Waals surface area contributed by atoms with Crippen molar-refractivity contribution in [3.63, 3.8) is 0 Å². The van der Waals surface area contributed by atoms with Crippen LogP contribution >= 0.6 is 0 Å². The average Bonchev–Trinajstić information content (AvgIpc) is 2.61. The maximum atomic E-state index is 11.7.